The number of piperidine rings is 1. The molecule has 4 aromatic rings. The number of fused-ring (bicyclic) bond motifs is 2. The average Bonchev–Trinajstić information content (AvgIpc) is 3.46. The number of pyridine rings is 1. The van der Waals surface area contributed by atoms with E-state index >= 15 is 0 Å². The van der Waals surface area contributed by atoms with Gasteiger partial charge in [-0.25, -0.2) is 4.79 Å². The second kappa shape index (κ2) is 11.1. The third-order valence-electron chi connectivity index (χ3n) is 8.27. The molecule has 0 aliphatic carbocycles. The minimum absolute atomic E-state index is 0.0580. The van der Waals surface area contributed by atoms with Crippen LogP contribution in [0.4, 0.5) is 4.79 Å². The van der Waals surface area contributed by atoms with Gasteiger partial charge in [-0.1, -0.05) is 24.3 Å². The Hall–Kier alpha value is -4.18. The molecule has 2 aromatic heterocycles. The molecule has 10 heteroatoms. The number of aromatic amines is 2. The van der Waals surface area contributed by atoms with Crippen LogP contribution in [0.3, 0.4) is 0 Å². The number of aromatic nitrogens is 3. The normalized spacial score (nSPS) is 17.3. The van der Waals surface area contributed by atoms with Gasteiger partial charge < -0.3 is 25.4 Å². The second-order valence-electron chi connectivity index (χ2n) is 10.9. The zero-order valence-corrected chi connectivity index (χ0v) is 22.7. The molecule has 2 aliphatic rings. The highest BCUT2D eigenvalue weighted by molar-refractivity contribution is 5.88. The van der Waals surface area contributed by atoms with E-state index in [1.54, 1.807) is 11.1 Å². The van der Waals surface area contributed by atoms with Gasteiger partial charge in [0.2, 0.25) is 5.91 Å². The number of nitrogens with zero attached hydrogens (tertiary/aromatic N) is 3. The number of para-hydroxylation sites is 1. The van der Waals surface area contributed by atoms with E-state index in [1.807, 2.05) is 48.2 Å². The average molecular weight is 542 g/mol. The van der Waals surface area contributed by atoms with Gasteiger partial charge in [0.25, 0.3) is 5.56 Å². The van der Waals surface area contributed by atoms with E-state index in [0.29, 0.717) is 45.4 Å². The summed E-state index contributed by atoms with van der Waals surface area (Å²) >= 11 is 0. The van der Waals surface area contributed by atoms with E-state index in [2.05, 4.69) is 31.9 Å². The molecule has 2 fully saturated rings. The molecular formula is C30H35N7O3. The summed E-state index contributed by atoms with van der Waals surface area (Å²) in [5.74, 6) is 0.0257. The van der Waals surface area contributed by atoms with E-state index in [-0.39, 0.29) is 23.4 Å². The molecule has 3 amide bonds. The number of amides is 3. The predicted molar refractivity (Wildman–Crippen MR) is 154 cm³/mol. The van der Waals surface area contributed by atoms with Gasteiger partial charge in [0.05, 0.1) is 11.7 Å². The number of aryl methyl sites for hydroxylation is 1. The molecule has 1 atom stereocenters. The van der Waals surface area contributed by atoms with Gasteiger partial charge in [-0.3, -0.25) is 14.7 Å². The lowest BCUT2D eigenvalue weighted by atomic mass is 9.89. The zero-order chi connectivity index (χ0) is 27.6. The Morgan fingerprint density at radius 1 is 1.02 bits per heavy atom. The van der Waals surface area contributed by atoms with Crippen LogP contribution < -0.4 is 16.2 Å². The van der Waals surface area contributed by atoms with Crippen LogP contribution in [0.15, 0.2) is 53.5 Å². The molecule has 2 saturated heterocycles. The fraction of sp³-hybridized carbons (Fsp3) is 0.400. The number of benzene rings is 2. The van der Waals surface area contributed by atoms with Gasteiger partial charge in [0.15, 0.2) is 0 Å². The van der Waals surface area contributed by atoms with E-state index < -0.39 is 6.04 Å². The summed E-state index contributed by atoms with van der Waals surface area (Å²) in [6, 6.07) is 12.9. The molecule has 0 bridgehead atoms. The highest BCUT2D eigenvalue weighted by Gasteiger charge is 2.31. The molecule has 2 aliphatic heterocycles. The lowest BCUT2D eigenvalue weighted by Crippen LogP contribution is -2.57. The quantitative estimate of drug-likeness (QED) is 0.309. The van der Waals surface area contributed by atoms with Crippen molar-refractivity contribution in [2.75, 3.05) is 39.3 Å². The predicted octanol–water partition coefficient (Wildman–Crippen LogP) is 2.64. The number of carbonyl (C=O) groups is 2. The van der Waals surface area contributed by atoms with Crippen LogP contribution in [-0.4, -0.2) is 82.2 Å². The summed E-state index contributed by atoms with van der Waals surface area (Å²) in [7, 11) is 0. The molecule has 4 heterocycles. The first-order chi connectivity index (χ1) is 19.5. The van der Waals surface area contributed by atoms with Crippen molar-refractivity contribution in [2.24, 2.45) is 0 Å². The molecule has 10 nitrogen and oxygen atoms in total. The number of likely N-dealkylation sites (tertiary alicyclic amines) is 1. The van der Waals surface area contributed by atoms with Gasteiger partial charge >= 0.3 is 6.03 Å². The Morgan fingerprint density at radius 3 is 2.60 bits per heavy atom. The van der Waals surface area contributed by atoms with Crippen LogP contribution in [0, 0.1) is 6.92 Å². The number of nitrogens with one attached hydrogen (secondary N) is 4. The molecule has 6 rings (SSSR count). The highest BCUT2D eigenvalue weighted by atomic mass is 16.2. The Balaban J connectivity index is 1.16. The first-order valence-corrected chi connectivity index (χ1v) is 14.1. The molecule has 4 N–H and O–H groups in total. The number of carbonyl (C=O) groups excluding carboxylic acids is 2. The molecular weight excluding hydrogens is 506 g/mol. The summed E-state index contributed by atoms with van der Waals surface area (Å²) < 4.78 is 0. The fourth-order valence-corrected chi connectivity index (χ4v) is 6.07. The van der Waals surface area contributed by atoms with Crippen LogP contribution in [0.2, 0.25) is 0 Å². The number of piperazine rings is 1. The maximum atomic E-state index is 13.6. The number of hydrogen-bond acceptors (Lipinski definition) is 5. The number of hydrogen-bond donors (Lipinski definition) is 4. The molecule has 0 saturated carbocycles. The van der Waals surface area contributed by atoms with Gasteiger partial charge in [-0.15, -0.1) is 0 Å². The third-order valence-corrected chi connectivity index (χ3v) is 8.27. The summed E-state index contributed by atoms with van der Waals surface area (Å²) in [6.45, 7) is 5.80. The lowest BCUT2D eigenvalue weighted by Gasteiger charge is -2.35. The Morgan fingerprint density at radius 2 is 1.80 bits per heavy atom. The van der Waals surface area contributed by atoms with E-state index in [9.17, 15) is 14.4 Å². The van der Waals surface area contributed by atoms with Crippen molar-refractivity contribution in [1.82, 2.24) is 35.6 Å². The zero-order valence-electron chi connectivity index (χ0n) is 22.7. The first kappa shape index (κ1) is 26.1. The fourth-order valence-electron chi connectivity index (χ4n) is 6.07. The molecule has 0 spiro atoms. The third kappa shape index (κ3) is 5.31. The summed E-state index contributed by atoms with van der Waals surface area (Å²) in [4.78, 5) is 46.4. The number of urea groups is 1. The van der Waals surface area contributed by atoms with Gasteiger partial charge in [-0.05, 0) is 60.4 Å². The maximum absolute atomic E-state index is 13.6. The van der Waals surface area contributed by atoms with Crippen molar-refractivity contribution in [2.45, 2.75) is 38.1 Å². The number of H-pyrrole nitrogens is 2. The van der Waals surface area contributed by atoms with Gasteiger partial charge in [0.1, 0.15) is 6.04 Å². The van der Waals surface area contributed by atoms with Crippen LogP contribution in [0.25, 0.3) is 21.8 Å². The van der Waals surface area contributed by atoms with Crippen molar-refractivity contribution >= 4 is 33.7 Å². The van der Waals surface area contributed by atoms with Crippen LogP contribution >= 0.6 is 0 Å². The van der Waals surface area contributed by atoms with E-state index in [0.717, 1.165) is 51.6 Å². The van der Waals surface area contributed by atoms with Crippen LogP contribution in [0.5, 0.6) is 0 Å². The second-order valence-corrected chi connectivity index (χ2v) is 10.9. The molecule has 0 radical (unpaired) electrons. The summed E-state index contributed by atoms with van der Waals surface area (Å²) in [5, 5.41) is 15.5. The SMILES string of the molecule is Cc1cc(C[C@@H](NC(=O)N2CCC(c3cc4ccccc4[nH]c3=O)CC2)C(=O)N2CCNCC2)cc2cn[nH]c12. The van der Waals surface area contributed by atoms with Crippen molar-refractivity contribution in [1.29, 1.82) is 0 Å². The monoisotopic (exact) mass is 541 g/mol. The Labute approximate surface area is 232 Å². The van der Waals surface area contributed by atoms with E-state index in [4.69, 9.17) is 0 Å². The molecule has 208 valence electrons. The van der Waals surface area contributed by atoms with Gasteiger partial charge in [-0.2, -0.15) is 5.10 Å². The standard InChI is InChI=1S/C30H35N7O3/c1-19-14-20(15-23-18-32-35-27(19)23)16-26(29(39)36-12-8-31-9-13-36)34-30(40)37-10-6-21(7-11-37)24-17-22-4-2-3-5-25(22)33-28(24)38/h2-5,14-15,17-18,21,26,31H,6-13,16H2,1H3,(H,32,35)(H,33,38)(H,34,40)/t26-/m1/s1. The maximum Gasteiger partial charge on any atom is 0.318 e. The first-order valence-electron chi connectivity index (χ1n) is 14.1. The summed E-state index contributed by atoms with van der Waals surface area (Å²) in [5.41, 5.74) is 4.55. The van der Waals surface area contributed by atoms with Crippen molar-refractivity contribution < 1.29 is 9.59 Å². The molecule has 0 unspecified atom stereocenters. The number of rotatable bonds is 5. The minimum atomic E-state index is -0.671. The topological polar surface area (TPSA) is 126 Å². The smallest absolute Gasteiger partial charge is 0.318 e. The molecule has 2 aromatic carbocycles. The van der Waals surface area contributed by atoms with E-state index in [1.165, 1.54) is 0 Å². The van der Waals surface area contributed by atoms with Crippen LogP contribution in [0.1, 0.15) is 35.4 Å². The Kier molecular flexibility index (Phi) is 7.25. The van der Waals surface area contributed by atoms with Crippen LogP contribution in [-0.2, 0) is 11.2 Å². The largest absolute Gasteiger partial charge is 0.338 e. The highest BCUT2D eigenvalue weighted by Crippen LogP contribution is 2.27. The van der Waals surface area contributed by atoms with Gasteiger partial charge in [0, 0.05) is 62.2 Å². The van der Waals surface area contributed by atoms with Crippen molar-refractivity contribution in [3.8, 4) is 0 Å². The minimum Gasteiger partial charge on any atom is -0.338 e. The molecule has 40 heavy (non-hydrogen) atoms. The van der Waals surface area contributed by atoms with Crippen molar-refractivity contribution in [3.05, 3.63) is 75.7 Å². The van der Waals surface area contributed by atoms with Crippen molar-refractivity contribution in [3.63, 3.8) is 0 Å². The lowest BCUT2D eigenvalue weighted by molar-refractivity contribution is -0.133. The summed E-state index contributed by atoms with van der Waals surface area (Å²) in [6.07, 6.45) is 3.57. The Bertz CT molecular complexity index is 1600.